The Labute approximate surface area is 105 Å². The van der Waals surface area contributed by atoms with Crippen LogP contribution in [0.5, 0.6) is 0 Å². The maximum absolute atomic E-state index is 11.6. The molecule has 18 heavy (non-hydrogen) atoms. The highest BCUT2D eigenvalue weighted by Crippen LogP contribution is 2.03. The molecule has 0 saturated carbocycles. The monoisotopic (exact) mass is 245 g/mol. The van der Waals surface area contributed by atoms with Crippen molar-refractivity contribution in [2.24, 2.45) is 0 Å². The smallest absolute Gasteiger partial charge is 0.220 e. The van der Waals surface area contributed by atoms with Crippen molar-refractivity contribution < 1.29 is 9.21 Å². The number of oxazole rings is 1. The Balaban J connectivity index is 1.73. The van der Waals surface area contributed by atoms with Crippen molar-refractivity contribution in [3.63, 3.8) is 0 Å². The van der Waals surface area contributed by atoms with E-state index < -0.39 is 0 Å². The first-order valence-corrected chi connectivity index (χ1v) is 5.81. The molecule has 0 aliphatic heterocycles. The summed E-state index contributed by atoms with van der Waals surface area (Å²) in [7, 11) is 0. The summed E-state index contributed by atoms with van der Waals surface area (Å²) >= 11 is 0. The quantitative estimate of drug-likeness (QED) is 0.869. The molecule has 1 N–H and O–H groups in total. The van der Waals surface area contributed by atoms with Gasteiger partial charge in [0.05, 0.1) is 17.9 Å². The Morgan fingerprint density at radius 3 is 2.94 bits per heavy atom. The van der Waals surface area contributed by atoms with E-state index in [4.69, 9.17) is 4.42 Å². The van der Waals surface area contributed by atoms with Crippen LogP contribution in [-0.4, -0.2) is 15.9 Å². The predicted octanol–water partition coefficient (Wildman–Crippen LogP) is 1.63. The molecule has 0 unspecified atom stereocenters. The first-order chi connectivity index (χ1) is 8.74. The third-order valence-electron chi connectivity index (χ3n) is 2.47. The molecule has 0 atom stereocenters. The highest BCUT2D eigenvalue weighted by atomic mass is 16.3. The minimum absolute atomic E-state index is 0.0127. The van der Waals surface area contributed by atoms with Crippen LogP contribution in [0, 0.1) is 6.92 Å². The second-order valence-corrected chi connectivity index (χ2v) is 3.96. The molecule has 0 aliphatic carbocycles. The molecular formula is C13H15N3O2. The number of amides is 1. The summed E-state index contributed by atoms with van der Waals surface area (Å²) in [5.41, 5.74) is 1.66. The number of pyridine rings is 1. The van der Waals surface area contributed by atoms with Gasteiger partial charge in [0.2, 0.25) is 5.91 Å². The minimum atomic E-state index is -0.0127. The Morgan fingerprint density at radius 1 is 1.39 bits per heavy atom. The molecule has 5 heteroatoms. The fraction of sp³-hybridized carbons (Fsp3) is 0.308. The Bertz CT molecular complexity index is 508. The van der Waals surface area contributed by atoms with Gasteiger partial charge >= 0.3 is 0 Å². The van der Waals surface area contributed by atoms with Crippen LogP contribution in [0.3, 0.4) is 0 Å². The van der Waals surface area contributed by atoms with Crippen LogP contribution in [0.1, 0.15) is 23.7 Å². The first kappa shape index (κ1) is 12.3. The number of nitrogens with zero attached hydrogens (tertiary/aromatic N) is 2. The molecule has 1 amide bonds. The molecule has 0 bridgehead atoms. The van der Waals surface area contributed by atoms with Crippen LogP contribution >= 0.6 is 0 Å². The molecule has 2 heterocycles. The summed E-state index contributed by atoms with van der Waals surface area (Å²) in [6, 6.07) is 5.62. The number of aromatic nitrogens is 2. The zero-order valence-corrected chi connectivity index (χ0v) is 10.2. The minimum Gasteiger partial charge on any atom is -0.449 e. The van der Waals surface area contributed by atoms with Gasteiger partial charge in [0.1, 0.15) is 6.26 Å². The maximum Gasteiger partial charge on any atom is 0.220 e. The molecular weight excluding hydrogens is 230 g/mol. The lowest BCUT2D eigenvalue weighted by Gasteiger charge is -2.03. The summed E-state index contributed by atoms with van der Waals surface area (Å²) in [5, 5.41) is 2.82. The van der Waals surface area contributed by atoms with E-state index in [2.05, 4.69) is 15.3 Å². The van der Waals surface area contributed by atoms with Gasteiger partial charge in [0, 0.05) is 26.0 Å². The van der Waals surface area contributed by atoms with Crippen LogP contribution in [0.2, 0.25) is 0 Å². The molecule has 2 aromatic heterocycles. The van der Waals surface area contributed by atoms with E-state index in [9.17, 15) is 4.79 Å². The van der Waals surface area contributed by atoms with Crippen LogP contribution in [0.15, 0.2) is 35.1 Å². The second kappa shape index (κ2) is 5.95. The van der Waals surface area contributed by atoms with Crippen molar-refractivity contribution in [2.75, 3.05) is 0 Å². The van der Waals surface area contributed by atoms with Gasteiger partial charge in [-0.25, -0.2) is 4.98 Å². The van der Waals surface area contributed by atoms with Gasteiger partial charge in [-0.15, -0.1) is 0 Å². The molecule has 0 aliphatic rings. The Morgan fingerprint density at radius 2 is 2.28 bits per heavy atom. The fourth-order valence-corrected chi connectivity index (χ4v) is 1.54. The summed E-state index contributed by atoms with van der Waals surface area (Å²) in [6.45, 7) is 2.24. The van der Waals surface area contributed by atoms with Crippen molar-refractivity contribution >= 4 is 5.91 Å². The zero-order chi connectivity index (χ0) is 12.8. The normalized spacial score (nSPS) is 10.3. The van der Waals surface area contributed by atoms with E-state index in [0.717, 1.165) is 11.4 Å². The number of hydrogen-bond acceptors (Lipinski definition) is 4. The van der Waals surface area contributed by atoms with E-state index in [1.54, 1.807) is 19.4 Å². The molecule has 2 aromatic rings. The largest absolute Gasteiger partial charge is 0.449 e. The zero-order valence-electron chi connectivity index (χ0n) is 10.2. The second-order valence-electron chi connectivity index (χ2n) is 3.96. The van der Waals surface area contributed by atoms with Gasteiger partial charge in [-0.1, -0.05) is 6.07 Å². The van der Waals surface area contributed by atoms with Gasteiger partial charge in [-0.05, 0) is 12.1 Å². The Hall–Kier alpha value is -2.17. The molecule has 0 aromatic carbocycles. The maximum atomic E-state index is 11.6. The van der Waals surface area contributed by atoms with Gasteiger partial charge in [0.25, 0.3) is 0 Å². The van der Waals surface area contributed by atoms with Gasteiger partial charge in [-0.3, -0.25) is 9.78 Å². The average Bonchev–Trinajstić information content (AvgIpc) is 2.81. The molecule has 0 saturated heterocycles. The van der Waals surface area contributed by atoms with Gasteiger partial charge < -0.3 is 9.73 Å². The molecule has 5 nitrogen and oxygen atoms in total. The van der Waals surface area contributed by atoms with Crippen molar-refractivity contribution in [2.45, 2.75) is 26.3 Å². The average molecular weight is 245 g/mol. The van der Waals surface area contributed by atoms with Crippen molar-refractivity contribution in [3.8, 4) is 0 Å². The molecule has 0 radical (unpaired) electrons. The SMILES string of the molecule is Cc1nc(CCC(=O)NCc2ccccn2)co1. The molecule has 2 rings (SSSR count). The summed E-state index contributed by atoms with van der Waals surface area (Å²) in [4.78, 5) is 19.9. The van der Waals surface area contributed by atoms with E-state index in [1.165, 1.54) is 0 Å². The number of aryl methyl sites for hydroxylation is 2. The fourth-order valence-electron chi connectivity index (χ4n) is 1.54. The van der Waals surface area contributed by atoms with Gasteiger partial charge in [-0.2, -0.15) is 0 Å². The lowest BCUT2D eigenvalue weighted by atomic mass is 10.2. The van der Waals surface area contributed by atoms with E-state index in [-0.39, 0.29) is 5.91 Å². The third-order valence-corrected chi connectivity index (χ3v) is 2.47. The van der Waals surface area contributed by atoms with Crippen LogP contribution in [0.4, 0.5) is 0 Å². The van der Waals surface area contributed by atoms with Crippen molar-refractivity contribution in [3.05, 3.63) is 47.9 Å². The predicted molar refractivity (Wildman–Crippen MR) is 65.6 cm³/mol. The highest BCUT2D eigenvalue weighted by Gasteiger charge is 2.05. The molecule has 0 spiro atoms. The van der Waals surface area contributed by atoms with Crippen molar-refractivity contribution in [1.29, 1.82) is 0 Å². The van der Waals surface area contributed by atoms with E-state index in [0.29, 0.717) is 25.3 Å². The molecule has 94 valence electrons. The van der Waals surface area contributed by atoms with E-state index >= 15 is 0 Å². The van der Waals surface area contributed by atoms with Crippen LogP contribution in [0.25, 0.3) is 0 Å². The Kier molecular flexibility index (Phi) is 4.06. The summed E-state index contributed by atoms with van der Waals surface area (Å²) < 4.78 is 5.07. The number of carbonyl (C=O) groups excluding carboxylic acids is 1. The summed E-state index contributed by atoms with van der Waals surface area (Å²) in [5.74, 6) is 0.611. The molecule has 0 fully saturated rings. The first-order valence-electron chi connectivity index (χ1n) is 5.81. The summed E-state index contributed by atoms with van der Waals surface area (Å²) in [6.07, 6.45) is 4.28. The number of hydrogen-bond donors (Lipinski definition) is 1. The van der Waals surface area contributed by atoms with Crippen molar-refractivity contribution in [1.82, 2.24) is 15.3 Å². The third kappa shape index (κ3) is 3.69. The topological polar surface area (TPSA) is 68.0 Å². The number of nitrogens with one attached hydrogen (secondary N) is 1. The lowest BCUT2D eigenvalue weighted by Crippen LogP contribution is -2.23. The number of rotatable bonds is 5. The van der Waals surface area contributed by atoms with E-state index in [1.807, 2.05) is 18.2 Å². The van der Waals surface area contributed by atoms with Gasteiger partial charge in [0.15, 0.2) is 5.89 Å². The number of carbonyl (C=O) groups is 1. The van der Waals surface area contributed by atoms with Crippen LogP contribution in [-0.2, 0) is 17.8 Å². The van der Waals surface area contributed by atoms with Crippen LogP contribution < -0.4 is 5.32 Å². The highest BCUT2D eigenvalue weighted by molar-refractivity contribution is 5.76. The standard InChI is InChI=1S/C13H15N3O2/c1-10-16-12(9-18-10)5-6-13(17)15-8-11-4-2-3-7-14-11/h2-4,7,9H,5-6,8H2,1H3,(H,15,17). The lowest BCUT2D eigenvalue weighted by molar-refractivity contribution is -0.121.